The third-order valence-electron chi connectivity index (χ3n) is 3.87. The van der Waals surface area contributed by atoms with Gasteiger partial charge in [0.25, 0.3) is 0 Å². The smallest absolute Gasteiger partial charge is 0.137 e. The molecule has 2 atom stereocenters. The van der Waals surface area contributed by atoms with Crippen LogP contribution in [0.15, 0.2) is 12.1 Å². The number of methoxy groups -OCH3 is 1. The highest BCUT2D eigenvalue weighted by molar-refractivity contribution is 5.91. The Bertz CT molecular complexity index is 448. The van der Waals surface area contributed by atoms with Crippen molar-refractivity contribution >= 4 is 5.78 Å². The molecule has 0 aliphatic heterocycles. The summed E-state index contributed by atoms with van der Waals surface area (Å²) in [5, 5.41) is 0. The maximum atomic E-state index is 11.5. The highest BCUT2D eigenvalue weighted by Gasteiger charge is 2.47. The van der Waals surface area contributed by atoms with E-state index in [1.807, 2.05) is 19.9 Å². The number of hydrogen-bond donors (Lipinski definition) is 0. The highest BCUT2D eigenvalue weighted by Crippen LogP contribution is 2.52. The van der Waals surface area contributed by atoms with Gasteiger partial charge in [0.2, 0.25) is 0 Å². The van der Waals surface area contributed by atoms with Crippen molar-refractivity contribution in [3.8, 4) is 5.75 Å². The molecule has 2 aliphatic carbocycles. The normalized spacial score (nSPS) is 24.1. The van der Waals surface area contributed by atoms with Crippen molar-refractivity contribution in [2.24, 2.45) is 5.92 Å². The Labute approximate surface area is 103 Å². The molecule has 0 aromatic heterocycles. The summed E-state index contributed by atoms with van der Waals surface area (Å²) in [6.07, 6.45) is 1.63. The number of ketones is 1. The molecule has 0 N–H and O–H groups in total. The van der Waals surface area contributed by atoms with Gasteiger partial charge in [-0.1, -0.05) is 19.9 Å². The molecule has 0 heterocycles. The lowest BCUT2D eigenvalue weighted by molar-refractivity contribution is -0.130. The summed E-state index contributed by atoms with van der Waals surface area (Å²) in [4.78, 5) is 11.5. The van der Waals surface area contributed by atoms with Crippen molar-refractivity contribution in [1.82, 2.24) is 0 Å². The van der Waals surface area contributed by atoms with Gasteiger partial charge in [-0.2, -0.15) is 0 Å². The third kappa shape index (κ3) is 1.67. The van der Waals surface area contributed by atoms with E-state index >= 15 is 0 Å². The number of Topliss-reactive ketones (excluding diaryl/α,β-unsaturated/α-hetero) is 1. The summed E-state index contributed by atoms with van der Waals surface area (Å²) in [5.74, 6) is 2.13. The Morgan fingerprint density at radius 1 is 1.18 bits per heavy atom. The molecule has 0 bridgehead atoms. The number of fused-ring (bicyclic) bond motifs is 3. The van der Waals surface area contributed by atoms with E-state index in [0.717, 1.165) is 18.6 Å². The minimum atomic E-state index is 0.259. The molecule has 1 fully saturated rings. The zero-order valence-electron chi connectivity index (χ0n) is 11.0. The Morgan fingerprint density at radius 3 is 2.47 bits per heavy atom. The molecule has 2 nitrogen and oxygen atoms in total. The summed E-state index contributed by atoms with van der Waals surface area (Å²) in [6, 6.07) is 4.12. The summed E-state index contributed by atoms with van der Waals surface area (Å²) >= 11 is 0. The van der Waals surface area contributed by atoms with E-state index in [0.29, 0.717) is 11.7 Å². The lowest BCUT2D eigenvalue weighted by Gasteiger charge is -2.29. The van der Waals surface area contributed by atoms with Crippen LogP contribution >= 0.6 is 0 Å². The fourth-order valence-corrected chi connectivity index (χ4v) is 3.03. The topological polar surface area (TPSA) is 26.3 Å². The average molecular weight is 232 g/mol. The molecule has 2 aliphatic rings. The minimum Gasteiger partial charge on any atom is -0.496 e. The molecule has 1 aromatic rings. The van der Waals surface area contributed by atoms with E-state index in [1.165, 1.54) is 16.7 Å². The number of rotatable bonds is 1. The van der Waals surface area contributed by atoms with Crippen LogP contribution in [-0.4, -0.2) is 12.9 Å². The molecule has 0 radical (unpaired) electrons. The van der Waals surface area contributed by atoms with Gasteiger partial charge in [0.1, 0.15) is 11.5 Å². The highest BCUT2D eigenvalue weighted by atomic mass is 16.5. The van der Waals surface area contributed by atoms with Crippen LogP contribution in [0.25, 0.3) is 0 Å². The predicted molar refractivity (Wildman–Crippen MR) is 68.6 cm³/mol. The minimum absolute atomic E-state index is 0.259. The first kappa shape index (κ1) is 12.2. The Kier molecular flexibility index (Phi) is 3.23. The van der Waals surface area contributed by atoms with Gasteiger partial charge in [0.05, 0.1) is 7.11 Å². The molecule has 2 heteroatoms. The Balaban J connectivity index is 0.000000514. The SMILES string of the molecule is CC.COc1ccc(C)c2c1CC1C(=O)CC21. The zero-order valence-corrected chi connectivity index (χ0v) is 11.0. The second-order valence-corrected chi connectivity index (χ2v) is 4.56. The number of benzene rings is 1. The van der Waals surface area contributed by atoms with Crippen LogP contribution in [-0.2, 0) is 11.2 Å². The van der Waals surface area contributed by atoms with E-state index in [9.17, 15) is 4.79 Å². The molecule has 2 unspecified atom stereocenters. The van der Waals surface area contributed by atoms with Gasteiger partial charge in [0, 0.05) is 18.3 Å². The lowest BCUT2D eigenvalue weighted by atomic mass is 9.72. The zero-order chi connectivity index (χ0) is 12.6. The maximum Gasteiger partial charge on any atom is 0.137 e. The Hall–Kier alpha value is -1.31. The molecule has 0 spiro atoms. The molecular formula is C15H20O2. The van der Waals surface area contributed by atoms with Crippen LogP contribution in [0.1, 0.15) is 42.9 Å². The largest absolute Gasteiger partial charge is 0.496 e. The molecule has 3 rings (SSSR count). The first-order valence-electron chi connectivity index (χ1n) is 6.41. The van der Waals surface area contributed by atoms with Crippen molar-refractivity contribution in [1.29, 1.82) is 0 Å². The fourth-order valence-electron chi connectivity index (χ4n) is 3.03. The first-order valence-corrected chi connectivity index (χ1v) is 6.41. The van der Waals surface area contributed by atoms with Crippen molar-refractivity contribution < 1.29 is 9.53 Å². The van der Waals surface area contributed by atoms with Gasteiger partial charge < -0.3 is 4.74 Å². The number of carbonyl (C=O) groups is 1. The summed E-state index contributed by atoms with van der Waals surface area (Å²) in [6.45, 7) is 6.13. The molecule has 1 aromatic carbocycles. The van der Waals surface area contributed by atoms with E-state index < -0.39 is 0 Å². The van der Waals surface area contributed by atoms with Crippen LogP contribution in [0, 0.1) is 12.8 Å². The van der Waals surface area contributed by atoms with Crippen LogP contribution < -0.4 is 4.74 Å². The number of carbonyl (C=O) groups excluding carboxylic acids is 1. The van der Waals surface area contributed by atoms with E-state index in [-0.39, 0.29) is 5.92 Å². The summed E-state index contributed by atoms with van der Waals surface area (Å²) < 4.78 is 5.36. The first-order chi connectivity index (χ1) is 8.22. The standard InChI is InChI=1S/C13H14O2.C2H6/c1-7-3-4-12(15-2)10-5-8-9(13(7)10)6-11(8)14;1-2/h3-4,8-9H,5-6H2,1-2H3;1-2H3. The quantitative estimate of drug-likeness (QED) is 0.743. The summed E-state index contributed by atoms with van der Waals surface area (Å²) in [5.41, 5.74) is 3.98. The summed E-state index contributed by atoms with van der Waals surface area (Å²) in [7, 11) is 1.70. The average Bonchev–Trinajstić information content (AvgIpc) is 2.67. The van der Waals surface area contributed by atoms with Crippen molar-refractivity contribution in [2.45, 2.75) is 39.5 Å². The number of ether oxygens (including phenoxy) is 1. The molecular weight excluding hydrogens is 212 g/mol. The second-order valence-electron chi connectivity index (χ2n) is 4.56. The Morgan fingerprint density at radius 2 is 1.88 bits per heavy atom. The van der Waals surface area contributed by atoms with Gasteiger partial charge in [-0.15, -0.1) is 0 Å². The number of aryl methyl sites for hydroxylation is 1. The van der Waals surface area contributed by atoms with Crippen molar-refractivity contribution in [2.75, 3.05) is 7.11 Å². The fraction of sp³-hybridized carbons (Fsp3) is 0.533. The molecule has 0 saturated heterocycles. The molecule has 17 heavy (non-hydrogen) atoms. The van der Waals surface area contributed by atoms with E-state index in [1.54, 1.807) is 7.11 Å². The van der Waals surface area contributed by atoms with E-state index in [4.69, 9.17) is 4.74 Å². The van der Waals surface area contributed by atoms with Gasteiger partial charge in [-0.3, -0.25) is 4.79 Å². The van der Waals surface area contributed by atoms with Crippen molar-refractivity contribution in [3.63, 3.8) is 0 Å². The van der Waals surface area contributed by atoms with E-state index in [2.05, 4.69) is 13.0 Å². The van der Waals surface area contributed by atoms with Crippen LogP contribution in [0.3, 0.4) is 0 Å². The van der Waals surface area contributed by atoms with Crippen LogP contribution in [0.4, 0.5) is 0 Å². The molecule has 0 amide bonds. The van der Waals surface area contributed by atoms with Crippen molar-refractivity contribution in [3.05, 3.63) is 28.8 Å². The predicted octanol–water partition coefficient (Wildman–Crippen LogP) is 3.26. The molecule has 1 saturated carbocycles. The maximum absolute atomic E-state index is 11.5. The second kappa shape index (κ2) is 4.52. The third-order valence-corrected chi connectivity index (χ3v) is 3.87. The van der Waals surface area contributed by atoms with Gasteiger partial charge in [-0.25, -0.2) is 0 Å². The molecule has 92 valence electrons. The van der Waals surface area contributed by atoms with Crippen LogP contribution in [0.2, 0.25) is 0 Å². The van der Waals surface area contributed by atoms with Gasteiger partial charge >= 0.3 is 0 Å². The number of hydrogen-bond acceptors (Lipinski definition) is 2. The van der Waals surface area contributed by atoms with Gasteiger partial charge in [0.15, 0.2) is 0 Å². The van der Waals surface area contributed by atoms with Gasteiger partial charge in [-0.05, 0) is 36.1 Å². The monoisotopic (exact) mass is 232 g/mol. The lowest BCUT2D eigenvalue weighted by Crippen LogP contribution is -2.32. The van der Waals surface area contributed by atoms with Crippen LogP contribution in [0.5, 0.6) is 5.75 Å².